The average molecular weight is 335 g/mol. The van der Waals surface area contributed by atoms with Crippen molar-refractivity contribution in [3.63, 3.8) is 0 Å². The topological polar surface area (TPSA) is 94.7 Å². The maximum atomic E-state index is 10.7. The van der Waals surface area contributed by atoms with E-state index in [1.165, 1.54) is 0 Å². The lowest BCUT2D eigenvalue weighted by atomic mass is 10.1. The van der Waals surface area contributed by atoms with Crippen LogP contribution >= 0.6 is 15.9 Å². The zero-order valence-corrected chi connectivity index (χ0v) is 11.9. The number of aromatic amines is 2. The number of hydrogen-bond acceptors (Lipinski definition) is 3. The Bertz CT molecular complexity index is 778. The molecule has 3 rings (SSSR count). The summed E-state index contributed by atoms with van der Waals surface area (Å²) < 4.78 is 0.595. The largest absolute Gasteiger partial charge is 0.481 e. The fraction of sp³-hybridized carbons (Fsp3) is 0.154. The number of benzene rings is 1. The summed E-state index contributed by atoms with van der Waals surface area (Å²) in [5.41, 5.74) is 4.29. The number of imidazole rings is 2. The molecule has 20 heavy (non-hydrogen) atoms. The summed E-state index contributed by atoms with van der Waals surface area (Å²) in [4.78, 5) is 25.4. The molecule has 6 nitrogen and oxygen atoms in total. The molecule has 0 bridgehead atoms. The number of halogens is 1. The van der Waals surface area contributed by atoms with Crippen molar-refractivity contribution in [2.45, 2.75) is 12.8 Å². The molecule has 3 N–H and O–H groups in total. The number of fused-ring (bicyclic) bond motifs is 1. The first-order valence-electron chi connectivity index (χ1n) is 6.03. The molecule has 7 heteroatoms. The molecule has 0 amide bonds. The number of carboxylic acid groups (broad SMARTS) is 1. The van der Waals surface area contributed by atoms with Gasteiger partial charge in [-0.1, -0.05) is 6.07 Å². The van der Waals surface area contributed by atoms with Crippen LogP contribution in [0.3, 0.4) is 0 Å². The van der Waals surface area contributed by atoms with Gasteiger partial charge in [0.05, 0.1) is 29.5 Å². The first kappa shape index (κ1) is 12.9. The maximum Gasteiger partial charge on any atom is 0.303 e. The highest BCUT2D eigenvalue weighted by atomic mass is 79.9. The summed E-state index contributed by atoms with van der Waals surface area (Å²) in [6, 6.07) is 5.79. The van der Waals surface area contributed by atoms with E-state index in [4.69, 9.17) is 5.11 Å². The average Bonchev–Trinajstić information content (AvgIpc) is 3.01. The van der Waals surface area contributed by atoms with Gasteiger partial charge in [0.25, 0.3) is 0 Å². The number of aromatic nitrogens is 4. The van der Waals surface area contributed by atoms with Crippen molar-refractivity contribution >= 4 is 32.9 Å². The van der Waals surface area contributed by atoms with E-state index in [0.29, 0.717) is 11.2 Å². The van der Waals surface area contributed by atoms with E-state index in [0.717, 1.165) is 28.0 Å². The number of nitrogens with one attached hydrogen (secondary N) is 2. The van der Waals surface area contributed by atoms with E-state index in [-0.39, 0.29) is 6.42 Å². The Morgan fingerprint density at radius 1 is 1.40 bits per heavy atom. The van der Waals surface area contributed by atoms with Crippen LogP contribution in [-0.4, -0.2) is 31.0 Å². The van der Waals surface area contributed by atoms with E-state index in [2.05, 4.69) is 35.9 Å². The zero-order chi connectivity index (χ0) is 14.1. The van der Waals surface area contributed by atoms with Crippen LogP contribution in [0.15, 0.2) is 29.3 Å². The van der Waals surface area contributed by atoms with Gasteiger partial charge in [-0.15, -0.1) is 0 Å². The number of nitrogens with zero attached hydrogens (tertiary/aromatic N) is 2. The predicted molar refractivity (Wildman–Crippen MR) is 77.3 cm³/mol. The first-order valence-corrected chi connectivity index (χ1v) is 6.82. The smallest absolute Gasteiger partial charge is 0.303 e. The minimum Gasteiger partial charge on any atom is -0.481 e. The monoisotopic (exact) mass is 334 g/mol. The van der Waals surface area contributed by atoms with Crippen LogP contribution in [0.2, 0.25) is 0 Å². The van der Waals surface area contributed by atoms with Gasteiger partial charge in [0.2, 0.25) is 0 Å². The van der Waals surface area contributed by atoms with E-state index in [1.54, 1.807) is 6.33 Å². The fourth-order valence-electron chi connectivity index (χ4n) is 2.11. The SMILES string of the molecule is O=C(O)CCc1[nH]c(Br)nc1-c1ccc2nc[nH]c2c1. The van der Waals surface area contributed by atoms with Crippen LogP contribution < -0.4 is 0 Å². The Labute approximate surface area is 122 Å². The summed E-state index contributed by atoms with van der Waals surface area (Å²) in [7, 11) is 0. The Morgan fingerprint density at radius 3 is 3.05 bits per heavy atom. The molecule has 102 valence electrons. The fourth-order valence-corrected chi connectivity index (χ4v) is 2.53. The summed E-state index contributed by atoms with van der Waals surface area (Å²) in [6.07, 6.45) is 2.11. The molecule has 1 aromatic carbocycles. The number of aryl methyl sites for hydroxylation is 1. The quantitative estimate of drug-likeness (QED) is 0.683. The van der Waals surface area contributed by atoms with Crippen molar-refractivity contribution < 1.29 is 9.90 Å². The van der Waals surface area contributed by atoms with Gasteiger partial charge in [-0.25, -0.2) is 9.97 Å². The lowest BCUT2D eigenvalue weighted by molar-refractivity contribution is -0.136. The van der Waals surface area contributed by atoms with Gasteiger partial charge in [0.1, 0.15) is 0 Å². The van der Waals surface area contributed by atoms with Gasteiger partial charge < -0.3 is 15.1 Å². The third kappa shape index (κ3) is 2.44. The molecule has 0 aliphatic rings. The highest BCUT2D eigenvalue weighted by Crippen LogP contribution is 2.26. The highest BCUT2D eigenvalue weighted by molar-refractivity contribution is 9.10. The lowest BCUT2D eigenvalue weighted by Crippen LogP contribution is -1.99. The van der Waals surface area contributed by atoms with Crippen LogP contribution in [0.1, 0.15) is 12.1 Å². The number of carbonyl (C=O) groups is 1. The Kier molecular flexibility index (Phi) is 3.27. The number of aliphatic carboxylic acids is 1. The van der Waals surface area contributed by atoms with Crippen molar-refractivity contribution in [2.24, 2.45) is 0 Å². The normalized spacial score (nSPS) is 11.1. The van der Waals surface area contributed by atoms with Gasteiger partial charge in [-0.2, -0.15) is 0 Å². The number of carboxylic acids is 1. The third-order valence-electron chi connectivity index (χ3n) is 3.03. The van der Waals surface area contributed by atoms with Crippen molar-refractivity contribution in [1.82, 2.24) is 19.9 Å². The van der Waals surface area contributed by atoms with Crippen LogP contribution in [-0.2, 0) is 11.2 Å². The van der Waals surface area contributed by atoms with Crippen LogP contribution in [0.25, 0.3) is 22.3 Å². The molecule has 0 unspecified atom stereocenters. The highest BCUT2D eigenvalue weighted by Gasteiger charge is 2.13. The van der Waals surface area contributed by atoms with Crippen LogP contribution in [0.5, 0.6) is 0 Å². The number of rotatable bonds is 4. The molecular formula is C13H11BrN4O2. The van der Waals surface area contributed by atoms with E-state index >= 15 is 0 Å². The predicted octanol–water partition coefficient (Wildman–Crippen LogP) is 2.73. The molecule has 0 aliphatic heterocycles. The third-order valence-corrected chi connectivity index (χ3v) is 3.41. The van der Waals surface area contributed by atoms with Gasteiger partial charge in [0, 0.05) is 17.7 Å². The summed E-state index contributed by atoms with van der Waals surface area (Å²) in [6.45, 7) is 0. The second-order valence-electron chi connectivity index (χ2n) is 4.38. The molecule has 0 radical (unpaired) electrons. The molecule has 0 saturated heterocycles. The molecule has 0 aliphatic carbocycles. The van der Waals surface area contributed by atoms with Crippen molar-refractivity contribution in [3.8, 4) is 11.3 Å². The Balaban J connectivity index is 2.01. The van der Waals surface area contributed by atoms with Crippen LogP contribution in [0.4, 0.5) is 0 Å². The number of H-pyrrole nitrogens is 2. The summed E-state index contributed by atoms with van der Waals surface area (Å²) in [5.74, 6) is -0.828. The molecule has 0 spiro atoms. The minimum absolute atomic E-state index is 0.0634. The minimum atomic E-state index is -0.828. The molecular weight excluding hydrogens is 324 g/mol. The van der Waals surface area contributed by atoms with Gasteiger partial charge in [-0.3, -0.25) is 4.79 Å². The van der Waals surface area contributed by atoms with Gasteiger partial charge in [-0.05, 0) is 28.1 Å². The maximum absolute atomic E-state index is 10.7. The molecule has 0 saturated carbocycles. The Hall–Kier alpha value is -2.15. The molecule has 2 heterocycles. The van der Waals surface area contributed by atoms with Crippen LogP contribution in [0, 0.1) is 0 Å². The summed E-state index contributed by atoms with van der Waals surface area (Å²) in [5, 5.41) is 8.80. The first-order chi connectivity index (χ1) is 9.63. The van der Waals surface area contributed by atoms with E-state index < -0.39 is 5.97 Å². The molecule has 0 fully saturated rings. The van der Waals surface area contributed by atoms with Gasteiger partial charge >= 0.3 is 5.97 Å². The second-order valence-corrected chi connectivity index (χ2v) is 5.13. The molecule has 3 aromatic rings. The van der Waals surface area contributed by atoms with Crippen molar-refractivity contribution in [1.29, 1.82) is 0 Å². The van der Waals surface area contributed by atoms with Gasteiger partial charge in [0.15, 0.2) is 4.73 Å². The standard InChI is InChI=1S/C13H11BrN4O2/c14-13-17-9(3-4-11(19)20)12(18-13)7-1-2-8-10(5-7)16-6-15-8/h1-2,5-6H,3-4H2,(H,15,16)(H,17,18)(H,19,20). The van der Waals surface area contributed by atoms with Crippen molar-refractivity contribution in [3.05, 3.63) is 35.0 Å². The lowest BCUT2D eigenvalue weighted by Gasteiger charge is -2.01. The molecule has 0 atom stereocenters. The second kappa shape index (κ2) is 5.09. The van der Waals surface area contributed by atoms with Crippen molar-refractivity contribution in [2.75, 3.05) is 0 Å². The number of hydrogen-bond donors (Lipinski definition) is 3. The van der Waals surface area contributed by atoms with E-state index in [9.17, 15) is 4.79 Å². The molecule has 2 aromatic heterocycles. The zero-order valence-electron chi connectivity index (χ0n) is 10.4. The van der Waals surface area contributed by atoms with E-state index in [1.807, 2.05) is 18.2 Å². The summed E-state index contributed by atoms with van der Waals surface area (Å²) >= 11 is 3.30. The Morgan fingerprint density at radius 2 is 2.25 bits per heavy atom.